The minimum absolute atomic E-state index is 0.0861. The molecule has 1 N–H and O–H groups in total. The lowest BCUT2D eigenvalue weighted by atomic mass is 9.84. The highest BCUT2D eigenvalue weighted by molar-refractivity contribution is 5.11. The van der Waals surface area contributed by atoms with E-state index in [9.17, 15) is 0 Å². The highest BCUT2D eigenvalue weighted by Gasteiger charge is 2.42. The molecule has 0 aliphatic carbocycles. The van der Waals surface area contributed by atoms with E-state index >= 15 is 0 Å². The van der Waals surface area contributed by atoms with Gasteiger partial charge in [-0.25, -0.2) is 4.68 Å². The van der Waals surface area contributed by atoms with Crippen molar-refractivity contribution in [2.75, 3.05) is 27.4 Å². The largest absolute Gasteiger partial charge is 0.381 e. The topological polar surface area (TPSA) is 61.2 Å². The van der Waals surface area contributed by atoms with Crippen LogP contribution in [0.1, 0.15) is 37.9 Å². The van der Waals surface area contributed by atoms with Crippen LogP contribution in [0.2, 0.25) is 0 Å². The Morgan fingerprint density at radius 3 is 2.84 bits per heavy atom. The lowest BCUT2D eigenvalue weighted by Crippen LogP contribution is -2.49. The van der Waals surface area contributed by atoms with E-state index in [0.29, 0.717) is 0 Å². The van der Waals surface area contributed by atoms with Crippen molar-refractivity contribution in [3.05, 3.63) is 11.9 Å². The first-order valence-electron chi connectivity index (χ1n) is 6.96. The number of hydrogen-bond acceptors (Lipinski definition) is 5. The fourth-order valence-electron chi connectivity index (χ4n) is 2.88. The summed E-state index contributed by atoms with van der Waals surface area (Å²) in [7, 11) is 3.74. The van der Waals surface area contributed by atoms with E-state index < -0.39 is 0 Å². The Kier molecular flexibility index (Phi) is 4.90. The van der Waals surface area contributed by atoms with Crippen molar-refractivity contribution in [3.63, 3.8) is 0 Å². The van der Waals surface area contributed by atoms with Gasteiger partial charge in [0.25, 0.3) is 0 Å². The van der Waals surface area contributed by atoms with Crippen LogP contribution in [0.15, 0.2) is 6.20 Å². The van der Waals surface area contributed by atoms with Crippen molar-refractivity contribution in [1.29, 1.82) is 0 Å². The molecular weight excluding hydrogens is 244 g/mol. The van der Waals surface area contributed by atoms with Gasteiger partial charge in [0.15, 0.2) is 0 Å². The van der Waals surface area contributed by atoms with Gasteiger partial charge in [0.1, 0.15) is 0 Å². The number of methoxy groups -OCH3 is 1. The Labute approximate surface area is 114 Å². The highest BCUT2D eigenvalue weighted by atomic mass is 16.5. The Morgan fingerprint density at radius 1 is 1.53 bits per heavy atom. The van der Waals surface area contributed by atoms with Gasteiger partial charge < -0.3 is 14.8 Å². The summed E-state index contributed by atoms with van der Waals surface area (Å²) in [6, 6.07) is 0.0861. The third-order valence-electron chi connectivity index (χ3n) is 3.94. The number of nitrogens with zero attached hydrogens (tertiary/aromatic N) is 3. The van der Waals surface area contributed by atoms with Crippen LogP contribution in [0.5, 0.6) is 0 Å². The molecule has 2 rings (SSSR count). The monoisotopic (exact) mass is 268 g/mol. The van der Waals surface area contributed by atoms with Gasteiger partial charge >= 0.3 is 0 Å². The maximum absolute atomic E-state index is 5.88. The van der Waals surface area contributed by atoms with Gasteiger partial charge in [0.2, 0.25) is 0 Å². The Morgan fingerprint density at radius 2 is 2.26 bits per heavy atom. The Hall–Kier alpha value is -0.980. The van der Waals surface area contributed by atoms with E-state index in [0.717, 1.165) is 44.7 Å². The fourth-order valence-corrected chi connectivity index (χ4v) is 2.88. The molecule has 6 nitrogen and oxygen atoms in total. The number of rotatable bonds is 6. The number of likely N-dealkylation sites (N-methyl/N-ethyl adjacent to an activating group) is 1. The summed E-state index contributed by atoms with van der Waals surface area (Å²) < 4.78 is 13.3. The lowest BCUT2D eigenvalue weighted by molar-refractivity contribution is -0.111. The number of aromatic nitrogens is 3. The maximum Gasteiger partial charge on any atom is 0.0932 e. The third kappa shape index (κ3) is 2.80. The van der Waals surface area contributed by atoms with Gasteiger partial charge in [0, 0.05) is 39.7 Å². The smallest absolute Gasteiger partial charge is 0.0932 e. The second kappa shape index (κ2) is 6.45. The van der Waals surface area contributed by atoms with Crippen molar-refractivity contribution >= 4 is 0 Å². The van der Waals surface area contributed by atoms with Crippen molar-refractivity contribution in [1.82, 2.24) is 20.3 Å². The van der Waals surface area contributed by atoms with Crippen LogP contribution in [0.4, 0.5) is 0 Å². The summed E-state index contributed by atoms with van der Waals surface area (Å²) in [5.74, 6) is 0. The van der Waals surface area contributed by atoms with E-state index in [1.54, 1.807) is 7.11 Å². The van der Waals surface area contributed by atoms with Gasteiger partial charge in [-0.15, -0.1) is 5.10 Å². The summed E-state index contributed by atoms with van der Waals surface area (Å²) >= 11 is 0. The van der Waals surface area contributed by atoms with Crippen LogP contribution in [0, 0.1) is 0 Å². The molecule has 0 spiro atoms. The van der Waals surface area contributed by atoms with Crippen LogP contribution < -0.4 is 5.32 Å². The minimum atomic E-state index is -0.236. The molecule has 2 heterocycles. The molecule has 1 atom stereocenters. The molecule has 1 aromatic rings. The van der Waals surface area contributed by atoms with E-state index in [4.69, 9.17) is 9.47 Å². The highest BCUT2D eigenvalue weighted by Crippen LogP contribution is 2.36. The molecule has 0 saturated carbocycles. The maximum atomic E-state index is 5.88. The second-order valence-electron chi connectivity index (χ2n) is 4.98. The number of hydrogen-bond donors (Lipinski definition) is 1. The zero-order valence-electron chi connectivity index (χ0n) is 12.1. The van der Waals surface area contributed by atoms with Crippen LogP contribution in [-0.4, -0.2) is 48.0 Å². The molecule has 1 aliphatic rings. The van der Waals surface area contributed by atoms with Gasteiger partial charge in [0.05, 0.1) is 23.5 Å². The predicted octanol–water partition coefficient (Wildman–Crippen LogP) is 1.14. The average Bonchev–Trinajstić information content (AvgIpc) is 2.89. The fraction of sp³-hybridized carbons (Fsp3) is 0.846. The average molecular weight is 268 g/mol. The SMILES string of the molecule is CCCn1nncc1C(NC)C1(OC)CCOCC1. The van der Waals surface area contributed by atoms with E-state index in [2.05, 4.69) is 22.6 Å². The molecule has 19 heavy (non-hydrogen) atoms. The molecule has 1 aliphatic heterocycles. The predicted molar refractivity (Wildman–Crippen MR) is 71.9 cm³/mol. The number of ether oxygens (including phenoxy) is 2. The first-order valence-corrected chi connectivity index (χ1v) is 6.96. The van der Waals surface area contributed by atoms with Gasteiger partial charge in [-0.1, -0.05) is 12.1 Å². The van der Waals surface area contributed by atoms with Crippen LogP contribution >= 0.6 is 0 Å². The van der Waals surface area contributed by atoms with Crippen LogP contribution in [0.3, 0.4) is 0 Å². The summed E-state index contributed by atoms with van der Waals surface area (Å²) in [5.41, 5.74) is 0.855. The second-order valence-corrected chi connectivity index (χ2v) is 4.98. The lowest BCUT2D eigenvalue weighted by Gasteiger charge is -2.42. The summed E-state index contributed by atoms with van der Waals surface area (Å²) in [4.78, 5) is 0. The first-order chi connectivity index (χ1) is 9.27. The van der Waals surface area contributed by atoms with Crippen LogP contribution in [-0.2, 0) is 16.0 Å². The van der Waals surface area contributed by atoms with E-state index in [-0.39, 0.29) is 11.6 Å². The molecule has 0 radical (unpaired) electrons. The molecule has 1 saturated heterocycles. The minimum Gasteiger partial charge on any atom is -0.381 e. The van der Waals surface area contributed by atoms with Gasteiger partial charge in [-0.3, -0.25) is 0 Å². The first kappa shape index (κ1) is 14.4. The normalized spacial score (nSPS) is 20.4. The Balaban J connectivity index is 2.28. The molecule has 1 fully saturated rings. The van der Waals surface area contributed by atoms with Crippen molar-refractivity contribution in [2.45, 2.75) is 44.4 Å². The molecule has 108 valence electrons. The standard InChI is InChI=1S/C13H24N4O2/c1-4-7-17-11(10-15-16-17)12(14-2)13(18-3)5-8-19-9-6-13/h10,12,14H,4-9H2,1-3H3. The number of nitrogens with one attached hydrogen (secondary N) is 1. The summed E-state index contributed by atoms with van der Waals surface area (Å²) in [6.07, 6.45) is 4.64. The summed E-state index contributed by atoms with van der Waals surface area (Å²) in [5, 5.41) is 11.6. The molecule has 0 aromatic carbocycles. The van der Waals surface area contributed by atoms with E-state index in [1.165, 1.54) is 0 Å². The molecular formula is C13H24N4O2. The third-order valence-corrected chi connectivity index (χ3v) is 3.94. The van der Waals surface area contributed by atoms with Gasteiger partial charge in [-0.05, 0) is 13.5 Å². The summed E-state index contributed by atoms with van der Waals surface area (Å²) in [6.45, 7) is 4.49. The van der Waals surface area contributed by atoms with Crippen molar-refractivity contribution in [3.8, 4) is 0 Å². The molecule has 0 bridgehead atoms. The van der Waals surface area contributed by atoms with E-state index in [1.807, 2.05) is 17.9 Å². The number of aryl methyl sites for hydroxylation is 1. The van der Waals surface area contributed by atoms with Crippen molar-refractivity contribution in [2.24, 2.45) is 0 Å². The van der Waals surface area contributed by atoms with Gasteiger partial charge in [-0.2, -0.15) is 0 Å². The zero-order valence-corrected chi connectivity index (χ0v) is 12.1. The van der Waals surface area contributed by atoms with Crippen molar-refractivity contribution < 1.29 is 9.47 Å². The molecule has 0 amide bonds. The Bertz CT molecular complexity index is 388. The quantitative estimate of drug-likeness (QED) is 0.838. The van der Waals surface area contributed by atoms with Crippen LogP contribution in [0.25, 0.3) is 0 Å². The molecule has 1 unspecified atom stereocenters. The molecule has 1 aromatic heterocycles. The zero-order chi connectivity index (χ0) is 13.7. The molecule has 6 heteroatoms.